The first-order valence-corrected chi connectivity index (χ1v) is 14.9. The third-order valence-corrected chi connectivity index (χ3v) is 8.31. The number of benzene rings is 2. The van der Waals surface area contributed by atoms with E-state index in [-0.39, 0.29) is 30.7 Å². The Labute approximate surface area is 225 Å². The van der Waals surface area contributed by atoms with Crippen LogP contribution in [0.25, 0.3) is 0 Å². The standard InChI is InChI=1S/C28H41F2N3O4S/c1-4-7-12-33(6-3)38(36,37)13-11-28(35)32-26(17-23-15-24(29)18-25(30)16-23)27(34)20-31-19-22-10-8-9-21(5-2)14-22/h8-10,14-16,18,26-27,31,34H,4-7,11-13,17,19-20H2,1-3H3,(H,32,35)/t26-,27-/m0/s1. The van der Waals surface area contributed by atoms with Gasteiger partial charge in [-0.3, -0.25) is 4.79 Å². The normalized spacial score (nSPS) is 13.4. The Kier molecular flexibility index (Phi) is 13.3. The summed E-state index contributed by atoms with van der Waals surface area (Å²) >= 11 is 0. The molecule has 0 fully saturated rings. The Hall–Kier alpha value is -2.40. The number of hydrogen-bond donors (Lipinski definition) is 3. The molecule has 10 heteroatoms. The van der Waals surface area contributed by atoms with Crippen LogP contribution in [0.2, 0.25) is 0 Å². The highest BCUT2D eigenvalue weighted by Crippen LogP contribution is 2.13. The van der Waals surface area contributed by atoms with Gasteiger partial charge in [0.15, 0.2) is 0 Å². The van der Waals surface area contributed by atoms with Gasteiger partial charge in [-0.15, -0.1) is 0 Å². The van der Waals surface area contributed by atoms with E-state index in [4.69, 9.17) is 0 Å². The molecule has 0 aromatic heterocycles. The van der Waals surface area contributed by atoms with Gasteiger partial charge < -0.3 is 15.7 Å². The fraction of sp³-hybridized carbons (Fsp3) is 0.536. The van der Waals surface area contributed by atoms with Crippen molar-refractivity contribution >= 4 is 15.9 Å². The highest BCUT2D eigenvalue weighted by Gasteiger charge is 2.25. The van der Waals surface area contributed by atoms with Crippen LogP contribution in [0, 0.1) is 11.6 Å². The molecule has 0 spiro atoms. The summed E-state index contributed by atoms with van der Waals surface area (Å²) < 4.78 is 54.3. The fourth-order valence-corrected chi connectivity index (χ4v) is 5.69. The van der Waals surface area contributed by atoms with Crippen molar-refractivity contribution in [2.24, 2.45) is 0 Å². The summed E-state index contributed by atoms with van der Waals surface area (Å²) in [5.41, 5.74) is 2.50. The second-order valence-electron chi connectivity index (χ2n) is 9.44. The number of carbonyl (C=O) groups is 1. The average Bonchev–Trinajstić information content (AvgIpc) is 2.87. The van der Waals surface area contributed by atoms with Gasteiger partial charge in [-0.2, -0.15) is 0 Å². The molecule has 0 radical (unpaired) electrons. The van der Waals surface area contributed by atoms with Crippen LogP contribution >= 0.6 is 0 Å². The fourth-order valence-electron chi connectivity index (χ4n) is 4.19. The highest BCUT2D eigenvalue weighted by atomic mass is 32.2. The van der Waals surface area contributed by atoms with E-state index in [9.17, 15) is 27.1 Å². The minimum absolute atomic E-state index is 0.0288. The number of nitrogens with one attached hydrogen (secondary N) is 2. The Morgan fingerprint density at radius 3 is 2.34 bits per heavy atom. The maximum Gasteiger partial charge on any atom is 0.221 e. The maximum atomic E-state index is 13.8. The lowest BCUT2D eigenvalue weighted by atomic mass is 10.0. The number of carbonyl (C=O) groups excluding carboxylic acids is 1. The number of unbranched alkanes of at least 4 members (excludes halogenated alkanes) is 1. The van der Waals surface area contributed by atoms with E-state index in [1.54, 1.807) is 6.92 Å². The third-order valence-electron chi connectivity index (χ3n) is 6.37. The molecule has 2 rings (SSSR count). The predicted molar refractivity (Wildman–Crippen MR) is 146 cm³/mol. The summed E-state index contributed by atoms with van der Waals surface area (Å²) in [6, 6.07) is 10.2. The number of halogens is 2. The summed E-state index contributed by atoms with van der Waals surface area (Å²) in [5.74, 6) is -2.44. The number of sulfonamides is 1. The second kappa shape index (κ2) is 15.9. The molecule has 0 unspecified atom stereocenters. The van der Waals surface area contributed by atoms with Crippen LogP contribution in [-0.4, -0.2) is 61.3 Å². The first-order chi connectivity index (χ1) is 18.1. The van der Waals surface area contributed by atoms with Crippen molar-refractivity contribution in [1.29, 1.82) is 0 Å². The van der Waals surface area contributed by atoms with Crippen molar-refractivity contribution in [3.63, 3.8) is 0 Å². The summed E-state index contributed by atoms with van der Waals surface area (Å²) in [4.78, 5) is 12.7. The quantitative estimate of drug-likeness (QED) is 0.278. The van der Waals surface area contributed by atoms with Gasteiger partial charge in [0.25, 0.3) is 0 Å². The molecule has 0 saturated carbocycles. The highest BCUT2D eigenvalue weighted by molar-refractivity contribution is 7.89. The van der Waals surface area contributed by atoms with Crippen LogP contribution in [0.3, 0.4) is 0 Å². The molecule has 38 heavy (non-hydrogen) atoms. The summed E-state index contributed by atoms with van der Waals surface area (Å²) in [7, 11) is -3.62. The molecule has 0 heterocycles. The number of aryl methyl sites for hydroxylation is 1. The van der Waals surface area contributed by atoms with Crippen molar-refractivity contribution in [1.82, 2.24) is 14.9 Å². The largest absolute Gasteiger partial charge is 0.390 e. The van der Waals surface area contributed by atoms with Gasteiger partial charge >= 0.3 is 0 Å². The SMILES string of the molecule is CCCCN(CC)S(=O)(=O)CCC(=O)N[C@@H](Cc1cc(F)cc(F)c1)[C@@H](O)CNCc1cccc(CC)c1. The van der Waals surface area contributed by atoms with Crippen LogP contribution < -0.4 is 10.6 Å². The van der Waals surface area contributed by atoms with Gasteiger partial charge in [0.1, 0.15) is 11.6 Å². The second-order valence-corrected chi connectivity index (χ2v) is 11.5. The maximum absolute atomic E-state index is 13.8. The Bertz CT molecular complexity index is 1110. The first-order valence-electron chi connectivity index (χ1n) is 13.3. The minimum Gasteiger partial charge on any atom is -0.390 e. The lowest BCUT2D eigenvalue weighted by molar-refractivity contribution is -0.122. The van der Waals surface area contributed by atoms with Crippen molar-refractivity contribution < 1.29 is 27.1 Å². The van der Waals surface area contributed by atoms with Crippen molar-refractivity contribution in [3.05, 3.63) is 70.8 Å². The number of rotatable bonds is 17. The molecular weight excluding hydrogens is 512 g/mol. The van der Waals surface area contributed by atoms with Crippen LogP contribution in [0.4, 0.5) is 8.78 Å². The molecule has 0 bridgehead atoms. The number of hydrogen-bond acceptors (Lipinski definition) is 5. The molecule has 212 valence electrons. The minimum atomic E-state index is -3.62. The number of amides is 1. The van der Waals surface area contributed by atoms with E-state index in [1.807, 2.05) is 25.1 Å². The lowest BCUT2D eigenvalue weighted by Crippen LogP contribution is -2.49. The van der Waals surface area contributed by atoms with Crippen molar-refractivity contribution in [2.45, 2.75) is 71.6 Å². The molecule has 0 aliphatic rings. The average molecular weight is 554 g/mol. The summed E-state index contributed by atoms with van der Waals surface area (Å²) in [6.45, 7) is 7.11. The van der Waals surface area contributed by atoms with E-state index in [0.717, 1.165) is 43.0 Å². The van der Waals surface area contributed by atoms with Gasteiger partial charge in [0.05, 0.1) is 17.9 Å². The number of aliphatic hydroxyl groups is 1. The summed E-state index contributed by atoms with van der Waals surface area (Å²) in [6.07, 6.45) is 1.08. The van der Waals surface area contributed by atoms with Gasteiger partial charge in [-0.25, -0.2) is 21.5 Å². The smallest absolute Gasteiger partial charge is 0.221 e. The van der Waals surface area contributed by atoms with Crippen LogP contribution in [0.5, 0.6) is 0 Å². The van der Waals surface area contributed by atoms with E-state index >= 15 is 0 Å². The Morgan fingerprint density at radius 1 is 1.03 bits per heavy atom. The lowest BCUT2D eigenvalue weighted by Gasteiger charge is -2.25. The number of aliphatic hydroxyl groups excluding tert-OH is 1. The van der Waals surface area contributed by atoms with E-state index in [0.29, 0.717) is 19.6 Å². The van der Waals surface area contributed by atoms with Gasteiger partial charge in [0, 0.05) is 38.7 Å². The van der Waals surface area contributed by atoms with Gasteiger partial charge in [0.2, 0.25) is 15.9 Å². The Morgan fingerprint density at radius 2 is 1.71 bits per heavy atom. The van der Waals surface area contributed by atoms with Crippen LogP contribution in [-0.2, 0) is 34.2 Å². The first kappa shape index (κ1) is 31.8. The molecule has 3 N–H and O–H groups in total. The Balaban J connectivity index is 2.06. The third kappa shape index (κ3) is 10.8. The molecule has 2 aromatic rings. The topological polar surface area (TPSA) is 98.7 Å². The van der Waals surface area contributed by atoms with E-state index in [2.05, 4.69) is 23.6 Å². The zero-order valence-electron chi connectivity index (χ0n) is 22.6. The zero-order valence-corrected chi connectivity index (χ0v) is 23.4. The molecule has 0 aliphatic carbocycles. The molecule has 0 aliphatic heterocycles. The van der Waals surface area contributed by atoms with Crippen LogP contribution in [0.15, 0.2) is 42.5 Å². The predicted octanol–water partition coefficient (Wildman–Crippen LogP) is 3.55. The zero-order chi connectivity index (χ0) is 28.1. The molecule has 2 atom stereocenters. The number of nitrogens with zero attached hydrogens (tertiary/aromatic N) is 1. The molecule has 1 amide bonds. The van der Waals surface area contributed by atoms with Gasteiger partial charge in [-0.05, 0) is 48.1 Å². The van der Waals surface area contributed by atoms with Crippen LogP contribution in [0.1, 0.15) is 56.7 Å². The van der Waals surface area contributed by atoms with E-state index in [1.165, 1.54) is 9.87 Å². The molecule has 0 saturated heterocycles. The van der Waals surface area contributed by atoms with Crippen molar-refractivity contribution in [2.75, 3.05) is 25.4 Å². The van der Waals surface area contributed by atoms with Gasteiger partial charge in [-0.1, -0.05) is 51.5 Å². The summed E-state index contributed by atoms with van der Waals surface area (Å²) in [5, 5.41) is 16.7. The van der Waals surface area contributed by atoms with E-state index < -0.39 is 39.7 Å². The monoisotopic (exact) mass is 553 g/mol. The molecule has 2 aromatic carbocycles. The van der Waals surface area contributed by atoms with Crippen molar-refractivity contribution in [3.8, 4) is 0 Å². The molecule has 7 nitrogen and oxygen atoms in total. The molecular formula is C28H41F2N3O4S.